The zero-order valence-electron chi connectivity index (χ0n) is 8.80. The van der Waals surface area contributed by atoms with Gasteiger partial charge in [-0.05, 0) is 6.07 Å². The Bertz CT molecular complexity index is 324. The van der Waals surface area contributed by atoms with Gasteiger partial charge in [-0.3, -0.25) is 14.8 Å². The lowest BCUT2D eigenvalue weighted by atomic mass is 10.3. The fourth-order valence-electron chi connectivity index (χ4n) is 1.19. The van der Waals surface area contributed by atoms with Crippen molar-refractivity contribution in [1.82, 2.24) is 15.1 Å². The Balaban J connectivity index is 2.47. The molecule has 0 aliphatic heterocycles. The summed E-state index contributed by atoms with van der Waals surface area (Å²) in [6, 6.07) is 1.14. The Labute approximate surface area is 87.8 Å². The van der Waals surface area contributed by atoms with Crippen molar-refractivity contribution in [1.29, 1.82) is 0 Å². The van der Waals surface area contributed by atoms with Crippen LogP contribution >= 0.6 is 0 Å². The number of ether oxygens (including phenoxy) is 1. The first kappa shape index (κ1) is 11.7. The molecule has 0 saturated heterocycles. The van der Waals surface area contributed by atoms with E-state index in [1.807, 2.05) is 13.1 Å². The SMILES string of the molecule is COCC(NCc1ccnn1C)C(=O)O. The third-order valence-electron chi connectivity index (χ3n) is 2.08. The van der Waals surface area contributed by atoms with Gasteiger partial charge in [0.1, 0.15) is 6.04 Å². The summed E-state index contributed by atoms with van der Waals surface area (Å²) >= 11 is 0. The minimum absolute atomic E-state index is 0.146. The number of carboxylic acids is 1. The van der Waals surface area contributed by atoms with Crippen LogP contribution in [0.15, 0.2) is 12.3 Å². The molecule has 0 aromatic carbocycles. The maximum absolute atomic E-state index is 10.8. The van der Waals surface area contributed by atoms with E-state index in [0.29, 0.717) is 6.54 Å². The molecule has 0 amide bonds. The van der Waals surface area contributed by atoms with Crippen molar-refractivity contribution in [3.8, 4) is 0 Å². The maximum Gasteiger partial charge on any atom is 0.323 e. The van der Waals surface area contributed by atoms with Crippen LogP contribution in [-0.4, -0.2) is 40.6 Å². The van der Waals surface area contributed by atoms with Crippen LogP contribution in [0.2, 0.25) is 0 Å². The van der Waals surface area contributed by atoms with Crippen molar-refractivity contribution in [2.75, 3.05) is 13.7 Å². The quantitative estimate of drug-likeness (QED) is 0.673. The number of aliphatic carboxylic acids is 1. The van der Waals surface area contributed by atoms with Gasteiger partial charge in [0.2, 0.25) is 0 Å². The van der Waals surface area contributed by atoms with E-state index in [4.69, 9.17) is 9.84 Å². The fourth-order valence-corrected chi connectivity index (χ4v) is 1.19. The van der Waals surface area contributed by atoms with E-state index in [0.717, 1.165) is 5.69 Å². The Morgan fingerprint density at radius 1 is 1.80 bits per heavy atom. The number of hydrogen-bond acceptors (Lipinski definition) is 4. The molecule has 1 unspecified atom stereocenters. The van der Waals surface area contributed by atoms with E-state index in [1.54, 1.807) is 10.9 Å². The second-order valence-electron chi connectivity index (χ2n) is 3.17. The van der Waals surface area contributed by atoms with E-state index >= 15 is 0 Å². The molecule has 0 spiro atoms. The van der Waals surface area contributed by atoms with Crippen LogP contribution in [0.25, 0.3) is 0 Å². The topological polar surface area (TPSA) is 76.4 Å². The van der Waals surface area contributed by atoms with Crippen LogP contribution in [0.5, 0.6) is 0 Å². The van der Waals surface area contributed by atoms with Crippen molar-refractivity contribution < 1.29 is 14.6 Å². The molecule has 0 aliphatic rings. The minimum Gasteiger partial charge on any atom is -0.480 e. The van der Waals surface area contributed by atoms with Gasteiger partial charge in [-0.25, -0.2) is 0 Å². The first-order valence-corrected chi connectivity index (χ1v) is 4.57. The van der Waals surface area contributed by atoms with Gasteiger partial charge in [0, 0.05) is 26.9 Å². The Morgan fingerprint density at radius 2 is 2.53 bits per heavy atom. The Kier molecular flexibility index (Phi) is 4.26. The van der Waals surface area contributed by atoms with E-state index in [-0.39, 0.29) is 6.61 Å². The van der Waals surface area contributed by atoms with Gasteiger partial charge < -0.3 is 9.84 Å². The van der Waals surface area contributed by atoms with E-state index in [1.165, 1.54) is 7.11 Å². The maximum atomic E-state index is 10.8. The fraction of sp³-hybridized carbons (Fsp3) is 0.556. The molecule has 84 valence electrons. The highest BCUT2D eigenvalue weighted by molar-refractivity contribution is 5.73. The minimum atomic E-state index is -0.918. The van der Waals surface area contributed by atoms with Crippen LogP contribution in [0.3, 0.4) is 0 Å². The monoisotopic (exact) mass is 213 g/mol. The van der Waals surface area contributed by atoms with Gasteiger partial charge in [0.15, 0.2) is 0 Å². The molecule has 1 aromatic heterocycles. The van der Waals surface area contributed by atoms with Gasteiger partial charge in [0.25, 0.3) is 0 Å². The molecule has 6 nitrogen and oxygen atoms in total. The molecule has 15 heavy (non-hydrogen) atoms. The summed E-state index contributed by atoms with van der Waals surface area (Å²) in [5, 5.41) is 15.7. The summed E-state index contributed by atoms with van der Waals surface area (Å²) in [6.45, 7) is 0.601. The molecule has 0 aliphatic carbocycles. The number of methoxy groups -OCH3 is 1. The third kappa shape index (κ3) is 3.34. The Hall–Kier alpha value is -1.40. The van der Waals surface area contributed by atoms with Crippen LogP contribution in [0.4, 0.5) is 0 Å². The molecule has 1 rings (SSSR count). The second-order valence-corrected chi connectivity index (χ2v) is 3.17. The van der Waals surface area contributed by atoms with Crippen molar-refractivity contribution in [2.45, 2.75) is 12.6 Å². The molecule has 6 heteroatoms. The molecule has 1 heterocycles. The number of aromatic nitrogens is 2. The number of carbonyl (C=O) groups is 1. The van der Waals surface area contributed by atoms with Crippen LogP contribution in [0.1, 0.15) is 5.69 Å². The zero-order chi connectivity index (χ0) is 11.3. The van der Waals surface area contributed by atoms with Gasteiger partial charge in [-0.1, -0.05) is 0 Å². The number of aryl methyl sites for hydroxylation is 1. The van der Waals surface area contributed by atoms with Gasteiger partial charge in [0.05, 0.1) is 12.3 Å². The number of carboxylic acid groups (broad SMARTS) is 1. The molecular formula is C9H15N3O3. The van der Waals surface area contributed by atoms with Gasteiger partial charge >= 0.3 is 5.97 Å². The molecular weight excluding hydrogens is 198 g/mol. The predicted molar refractivity (Wildman–Crippen MR) is 53.3 cm³/mol. The third-order valence-corrected chi connectivity index (χ3v) is 2.08. The van der Waals surface area contributed by atoms with Crippen LogP contribution in [0, 0.1) is 0 Å². The molecule has 0 saturated carbocycles. The van der Waals surface area contributed by atoms with E-state index in [9.17, 15) is 4.79 Å². The zero-order valence-corrected chi connectivity index (χ0v) is 8.80. The largest absolute Gasteiger partial charge is 0.480 e. The summed E-state index contributed by atoms with van der Waals surface area (Å²) < 4.78 is 6.49. The lowest BCUT2D eigenvalue weighted by molar-refractivity contribution is -0.140. The summed E-state index contributed by atoms with van der Waals surface area (Å²) in [7, 11) is 3.28. The molecule has 0 radical (unpaired) electrons. The number of nitrogens with one attached hydrogen (secondary N) is 1. The molecule has 0 fully saturated rings. The molecule has 1 atom stereocenters. The first-order chi connectivity index (χ1) is 7.15. The lowest BCUT2D eigenvalue weighted by Crippen LogP contribution is -2.40. The van der Waals surface area contributed by atoms with E-state index in [2.05, 4.69) is 10.4 Å². The highest BCUT2D eigenvalue weighted by Gasteiger charge is 2.16. The normalized spacial score (nSPS) is 12.7. The number of rotatable bonds is 6. The van der Waals surface area contributed by atoms with Crippen molar-refractivity contribution >= 4 is 5.97 Å². The number of nitrogens with zero attached hydrogens (tertiary/aromatic N) is 2. The van der Waals surface area contributed by atoms with Gasteiger partial charge in [-0.15, -0.1) is 0 Å². The van der Waals surface area contributed by atoms with Crippen LogP contribution < -0.4 is 5.32 Å². The summed E-state index contributed by atoms with van der Waals surface area (Å²) in [4.78, 5) is 10.8. The van der Waals surface area contributed by atoms with Crippen molar-refractivity contribution in [3.63, 3.8) is 0 Å². The standard InChI is InChI=1S/C9H15N3O3/c1-12-7(3-4-11-12)5-10-8(6-15-2)9(13)14/h3-4,8,10H,5-6H2,1-2H3,(H,13,14). The number of hydrogen-bond donors (Lipinski definition) is 2. The Morgan fingerprint density at radius 3 is 3.00 bits per heavy atom. The highest BCUT2D eigenvalue weighted by Crippen LogP contribution is 1.96. The molecule has 2 N–H and O–H groups in total. The molecule has 0 bridgehead atoms. The predicted octanol–water partition coefficient (Wildman–Crippen LogP) is -0.391. The smallest absolute Gasteiger partial charge is 0.323 e. The average Bonchev–Trinajstić information content (AvgIpc) is 2.58. The molecule has 1 aromatic rings. The first-order valence-electron chi connectivity index (χ1n) is 4.57. The average molecular weight is 213 g/mol. The van der Waals surface area contributed by atoms with Crippen molar-refractivity contribution in [2.24, 2.45) is 7.05 Å². The van der Waals surface area contributed by atoms with Crippen molar-refractivity contribution in [3.05, 3.63) is 18.0 Å². The second kappa shape index (κ2) is 5.47. The summed E-state index contributed by atoms with van der Waals surface area (Å²) in [5.41, 5.74) is 0.928. The van der Waals surface area contributed by atoms with Crippen LogP contribution in [-0.2, 0) is 23.1 Å². The summed E-state index contributed by atoms with van der Waals surface area (Å²) in [5.74, 6) is -0.918. The summed E-state index contributed by atoms with van der Waals surface area (Å²) in [6.07, 6.45) is 1.67. The lowest BCUT2D eigenvalue weighted by Gasteiger charge is -2.13. The van der Waals surface area contributed by atoms with Gasteiger partial charge in [-0.2, -0.15) is 5.10 Å². The van der Waals surface area contributed by atoms with E-state index < -0.39 is 12.0 Å². The highest BCUT2D eigenvalue weighted by atomic mass is 16.5.